The Labute approximate surface area is 329 Å². The molecule has 0 spiro atoms. The average Bonchev–Trinajstić information content (AvgIpc) is 3.46. The summed E-state index contributed by atoms with van der Waals surface area (Å²) in [5.74, 6) is 3.32. The molecule has 2 aliphatic carbocycles. The maximum Gasteiger partial charge on any atom is 0.164 e. The van der Waals surface area contributed by atoms with Crippen LogP contribution < -0.4 is 0 Å². The fourth-order valence-corrected chi connectivity index (χ4v) is 9.10. The maximum atomic E-state index is 5.27. The minimum Gasteiger partial charge on any atom is -0.208 e. The Morgan fingerprint density at radius 3 is 1.62 bits per heavy atom. The number of hydrogen-bond donors (Lipinski definition) is 0. The van der Waals surface area contributed by atoms with E-state index in [-0.39, 0.29) is 16.2 Å². The van der Waals surface area contributed by atoms with E-state index in [4.69, 9.17) is 15.0 Å². The number of allylic oxidation sites excluding steroid dienone is 2. The summed E-state index contributed by atoms with van der Waals surface area (Å²) in [5.41, 5.74) is 14.8. The van der Waals surface area contributed by atoms with E-state index in [1.807, 2.05) is 0 Å². The second kappa shape index (κ2) is 13.9. The third-order valence-electron chi connectivity index (χ3n) is 12.4. The van der Waals surface area contributed by atoms with Gasteiger partial charge in [-0.05, 0) is 86.9 Å². The van der Waals surface area contributed by atoms with Crippen LogP contribution in [0.3, 0.4) is 0 Å². The van der Waals surface area contributed by atoms with Crippen LogP contribution in [0.15, 0.2) is 127 Å². The second-order valence-electron chi connectivity index (χ2n) is 18.3. The Bertz CT molecular complexity index is 2330. The van der Waals surface area contributed by atoms with E-state index < -0.39 is 0 Å². The summed E-state index contributed by atoms with van der Waals surface area (Å²) in [6, 6.07) is 42.2. The highest BCUT2D eigenvalue weighted by molar-refractivity contribution is 5.97. The van der Waals surface area contributed by atoms with Crippen LogP contribution in [-0.4, -0.2) is 15.0 Å². The first-order valence-electron chi connectivity index (χ1n) is 20.3. The van der Waals surface area contributed by atoms with Crippen molar-refractivity contribution < 1.29 is 0 Å². The van der Waals surface area contributed by atoms with Gasteiger partial charge in [0.1, 0.15) is 0 Å². The van der Waals surface area contributed by atoms with Gasteiger partial charge in [-0.15, -0.1) is 0 Å². The molecule has 8 rings (SSSR count). The molecule has 0 bridgehead atoms. The van der Waals surface area contributed by atoms with E-state index >= 15 is 0 Å². The lowest BCUT2D eigenvalue weighted by molar-refractivity contribution is 0.373. The first-order valence-corrected chi connectivity index (χ1v) is 20.3. The number of benzene rings is 5. The molecule has 0 amide bonds. The fraction of sp³-hybridized carbons (Fsp3) is 0.327. The van der Waals surface area contributed by atoms with Crippen molar-refractivity contribution in [3.63, 3.8) is 0 Å². The molecule has 3 nitrogen and oxygen atoms in total. The third-order valence-corrected chi connectivity index (χ3v) is 12.4. The molecule has 0 N–H and O–H groups in total. The van der Waals surface area contributed by atoms with E-state index in [1.54, 1.807) is 5.57 Å². The molecule has 3 unspecified atom stereocenters. The van der Waals surface area contributed by atoms with Gasteiger partial charge in [-0.2, -0.15) is 0 Å². The van der Waals surface area contributed by atoms with Crippen LogP contribution in [0.4, 0.5) is 0 Å². The van der Waals surface area contributed by atoms with Gasteiger partial charge < -0.3 is 0 Å². The number of rotatable bonds is 6. The van der Waals surface area contributed by atoms with Gasteiger partial charge in [0, 0.05) is 22.1 Å². The van der Waals surface area contributed by atoms with Crippen molar-refractivity contribution >= 4 is 0 Å². The van der Waals surface area contributed by atoms with Crippen molar-refractivity contribution in [2.45, 2.75) is 97.8 Å². The smallest absolute Gasteiger partial charge is 0.164 e. The highest BCUT2D eigenvalue weighted by Gasteiger charge is 2.44. The van der Waals surface area contributed by atoms with E-state index in [1.165, 1.54) is 51.8 Å². The molecule has 5 aromatic carbocycles. The van der Waals surface area contributed by atoms with Crippen molar-refractivity contribution in [3.05, 3.63) is 149 Å². The zero-order valence-corrected chi connectivity index (χ0v) is 34.2. The first kappa shape index (κ1) is 36.8. The van der Waals surface area contributed by atoms with Gasteiger partial charge in [0.25, 0.3) is 0 Å². The Morgan fingerprint density at radius 2 is 1.05 bits per heavy atom. The molecule has 55 heavy (non-hydrogen) atoms. The summed E-state index contributed by atoms with van der Waals surface area (Å²) in [6.07, 6.45) is 6.23. The van der Waals surface area contributed by atoms with Crippen LogP contribution >= 0.6 is 0 Å². The van der Waals surface area contributed by atoms with Crippen LogP contribution in [0.2, 0.25) is 0 Å². The van der Waals surface area contributed by atoms with Crippen LogP contribution in [0.25, 0.3) is 56.4 Å². The normalized spacial score (nSPS) is 19.5. The lowest BCUT2D eigenvalue weighted by Crippen LogP contribution is -2.28. The fourth-order valence-electron chi connectivity index (χ4n) is 9.10. The lowest BCUT2D eigenvalue weighted by Gasteiger charge is -2.37. The predicted molar refractivity (Wildman–Crippen MR) is 231 cm³/mol. The van der Waals surface area contributed by atoms with Gasteiger partial charge in [0.15, 0.2) is 17.5 Å². The van der Waals surface area contributed by atoms with Crippen LogP contribution in [-0.2, 0) is 16.2 Å². The monoisotopic (exact) mass is 721 g/mol. The molecule has 0 fully saturated rings. The van der Waals surface area contributed by atoms with Gasteiger partial charge in [0.05, 0.1) is 0 Å². The standard InChI is InChI=1S/C52H55N3/c1-10-34-30-33(2)31-39(32-34)52(9)44-20-14-13-18-43(44)46-41(19-15-21-45(46)52)40-16-11-12-17-42(40)49-54-47(35-22-26-37(27-23-35)50(3,4)5)53-48(55-49)36-24-28-38(29-25-36)51(6,7)8/h11-29,31,33-34H,10,30,32H2,1-9H3. The molecule has 1 aromatic heterocycles. The molecule has 6 aromatic rings. The zero-order valence-electron chi connectivity index (χ0n) is 34.2. The minimum absolute atomic E-state index is 0.0514. The zero-order chi connectivity index (χ0) is 38.7. The Balaban J connectivity index is 1.32. The van der Waals surface area contributed by atoms with E-state index in [0.717, 1.165) is 28.7 Å². The molecule has 2 aliphatic rings. The molecule has 3 atom stereocenters. The van der Waals surface area contributed by atoms with Crippen molar-refractivity contribution in [2.24, 2.45) is 11.8 Å². The first-order chi connectivity index (χ1) is 26.3. The van der Waals surface area contributed by atoms with Gasteiger partial charge in [-0.25, -0.2) is 15.0 Å². The van der Waals surface area contributed by atoms with Gasteiger partial charge >= 0.3 is 0 Å². The molecule has 0 aliphatic heterocycles. The number of nitrogens with zero attached hydrogens (tertiary/aromatic N) is 3. The lowest BCUT2D eigenvalue weighted by atomic mass is 9.66. The molecule has 1 heterocycles. The number of hydrogen-bond acceptors (Lipinski definition) is 3. The van der Waals surface area contributed by atoms with Gasteiger partial charge in [0.2, 0.25) is 0 Å². The van der Waals surface area contributed by atoms with E-state index in [2.05, 4.69) is 184 Å². The SMILES string of the molecule is CCC1CC(C2(C)c3ccccc3-c3c(-c4ccccc4-c4nc(-c5ccc(C(C)(C)C)cc5)nc(-c5ccc(C(C)(C)C)cc5)n4)cccc32)=CC(C)C1. The van der Waals surface area contributed by atoms with Crippen LogP contribution in [0.5, 0.6) is 0 Å². The van der Waals surface area contributed by atoms with Crippen LogP contribution in [0, 0.1) is 11.8 Å². The highest BCUT2D eigenvalue weighted by Crippen LogP contribution is 2.57. The summed E-state index contributed by atoms with van der Waals surface area (Å²) in [4.78, 5) is 15.7. The quantitative estimate of drug-likeness (QED) is 0.161. The molecule has 0 saturated heterocycles. The highest BCUT2D eigenvalue weighted by atomic mass is 15.0. The molecule has 278 valence electrons. The minimum atomic E-state index is -0.190. The molecular formula is C52H55N3. The molecule has 0 saturated carbocycles. The molecular weight excluding hydrogens is 667 g/mol. The largest absolute Gasteiger partial charge is 0.208 e. The van der Waals surface area contributed by atoms with Crippen molar-refractivity contribution in [2.75, 3.05) is 0 Å². The number of fused-ring (bicyclic) bond motifs is 3. The van der Waals surface area contributed by atoms with Crippen LogP contribution in [0.1, 0.15) is 104 Å². The Morgan fingerprint density at radius 1 is 0.564 bits per heavy atom. The summed E-state index contributed by atoms with van der Waals surface area (Å²) < 4.78 is 0. The summed E-state index contributed by atoms with van der Waals surface area (Å²) in [6.45, 7) is 20.7. The van der Waals surface area contributed by atoms with Gasteiger partial charge in [-0.3, -0.25) is 0 Å². The topological polar surface area (TPSA) is 38.7 Å². The maximum absolute atomic E-state index is 5.27. The van der Waals surface area contributed by atoms with Crippen molar-refractivity contribution in [1.29, 1.82) is 0 Å². The summed E-state index contributed by atoms with van der Waals surface area (Å²) in [7, 11) is 0. The molecule has 0 radical (unpaired) electrons. The van der Waals surface area contributed by atoms with Crippen molar-refractivity contribution in [1.82, 2.24) is 15.0 Å². The third kappa shape index (κ3) is 6.66. The number of aromatic nitrogens is 3. The molecule has 3 heteroatoms. The Kier molecular flexibility index (Phi) is 9.27. The van der Waals surface area contributed by atoms with E-state index in [9.17, 15) is 0 Å². The predicted octanol–water partition coefficient (Wildman–Crippen LogP) is 13.8. The summed E-state index contributed by atoms with van der Waals surface area (Å²) in [5, 5.41) is 0. The second-order valence-corrected chi connectivity index (χ2v) is 18.3. The Hall–Kier alpha value is -5.15. The average molecular weight is 722 g/mol. The van der Waals surface area contributed by atoms with Gasteiger partial charge in [-0.1, -0.05) is 189 Å². The van der Waals surface area contributed by atoms with E-state index in [0.29, 0.717) is 29.3 Å². The van der Waals surface area contributed by atoms with Crippen molar-refractivity contribution in [3.8, 4) is 56.4 Å². The summed E-state index contributed by atoms with van der Waals surface area (Å²) >= 11 is 0.